The monoisotopic (exact) mass is 478 g/mol. The van der Waals surface area contributed by atoms with Gasteiger partial charge in [-0.25, -0.2) is 0 Å². The molecule has 0 aliphatic carbocycles. The maximum atomic E-state index is 12.7. The van der Waals surface area contributed by atoms with E-state index in [1.54, 1.807) is 0 Å². The van der Waals surface area contributed by atoms with Crippen molar-refractivity contribution in [3.8, 4) is 11.5 Å². The highest BCUT2D eigenvalue weighted by atomic mass is 16.6. The van der Waals surface area contributed by atoms with Gasteiger partial charge >= 0.3 is 5.97 Å². The number of para-hydroxylation sites is 1. The summed E-state index contributed by atoms with van der Waals surface area (Å²) in [5.41, 5.74) is 1.61. The highest BCUT2D eigenvalue weighted by Crippen LogP contribution is 2.28. The minimum absolute atomic E-state index is 0.201. The lowest BCUT2D eigenvalue weighted by Crippen LogP contribution is -2.44. The molecule has 35 heavy (non-hydrogen) atoms. The average molecular weight is 479 g/mol. The Labute approximate surface area is 208 Å². The van der Waals surface area contributed by atoms with E-state index in [1.807, 2.05) is 69.4 Å². The summed E-state index contributed by atoms with van der Waals surface area (Å²) in [6.07, 6.45) is 3.71. The largest absolute Gasteiger partial charge is 0.493 e. The summed E-state index contributed by atoms with van der Waals surface area (Å²) in [4.78, 5) is 18.3. The van der Waals surface area contributed by atoms with Crippen molar-refractivity contribution >= 4 is 16.9 Å². The van der Waals surface area contributed by atoms with E-state index in [4.69, 9.17) is 14.2 Å². The van der Waals surface area contributed by atoms with Crippen molar-refractivity contribution in [2.45, 2.75) is 46.6 Å². The standard InChI is InChI=1S/C29H38N2O4/c1-21-16-26-25(10-13-30-26)27(17-21)34-20-24(35-28(32)29(2,3)4)18-31-14-11-22(12-15-31)19-33-23-8-6-5-7-9-23/h5-10,13,16-17,22,24,30H,11-12,14-15,18-20H2,1-4H3. The number of piperidine rings is 1. The highest BCUT2D eigenvalue weighted by Gasteiger charge is 2.29. The van der Waals surface area contributed by atoms with Gasteiger partial charge < -0.3 is 19.2 Å². The van der Waals surface area contributed by atoms with Crippen LogP contribution < -0.4 is 9.47 Å². The fourth-order valence-electron chi connectivity index (χ4n) is 4.38. The van der Waals surface area contributed by atoms with Crippen LogP contribution in [0.4, 0.5) is 0 Å². The van der Waals surface area contributed by atoms with Crippen LogP contribution in [0.3, 0.4) is 0 Å². The van der Waals surface area contributed by atoms with Gasteiger partial charge in [-0.1, -0.05) is 18.2 Å². The third-order valence-electron chi connectivity index (χ3n) is 6.48. The first-order valence-electron chi connectivity index (χ1n) is 12.6. The first-order valence-corrected chi connectivity index (χ1v) is 12.6. The summed E-state index contributed by atoms with van der Waals surface area (Å²) in [6.45, 7) is 11.3. The number of aromatic nitrogens is 1. The van der Waals surface area contributed by atoms with E-state index >= 15 is 0 Å². The molecule has 1 aromatic heterocycles. The molecule has 2 aromatic carbocycles. The second-order valence-electron chi connectivity index (χ2n) is 10.7. The topological polar surface area (TPSA) is 63.8 Å². The Hall–Kier alpha value is -2.99. The number of esters is 1. The minimum Gasteiger partial charge on any atom is -0.493 e. The molecule has 1 N–H and O–H groups in total. The van der Waals surface area contributed by atoms with Gasteiger partial charge in [0.05, 0.1) is 12.0 Å². The maximum Gasteiger partial charge on any atom is 0.311 e. The number of nitrogens with one attached hydrogen (secondary N) is 1. The molecule has 1 unspecified atom stereocenters. The summed E-state index contributed by atoms with van der Waals surface area (Å²) < 4.78 is 18.2. The zero-order valence-electron chi connectivity index (χ0n) is 21.4. The first kappa shape index (κ1) is 25.1. The first-order chi connectivity index (χ1) is 16.8. The molecule has 0 radical (unpaired) electrons. The number of aryl methyl sites for hydroxylation is 1. The van der Waals surface area contributed by atoms with Crippen LogP contribution in [-0.4, -0.2) is 54.8 Å². The second-order valence-corrected chi connectivity index (χ2v) is 10.7. The minimum atomic E-state index is -0.558. The average Bonchev–Trinajstić information content (AvgIpc) is 3.30. The molecule has 1 aliphatic rings. The molecule has 1 fully saturated rings. The Morgan fingerprint density at radius 1 is 1.09 bits per heavy atom. The number of H-pyrrole nitrogens is 1. The number of likely N-dealkylation sites (tertiary alicyclic amines) is 1. The summed E-state index contributed by atoms with van der Waals surface area (Å²) in [5, 5.41) is 1.04. The van der Waals surface area contributed by atoms with Crippen LogP contribution in [0, 0.1) is 18.3 Å². The molecule has 0 amide bonds. The van der Waals surface area contributed by atoms with Crippen molar-refractivity contribution in [3.05, 3.63) is 60.3 Å². The van der Waals surface area contributed by atoms with Gasteiger partial charge in [-0.15, -0.1) is 0 Å². The number of carbonyl (C=O) groups excluding carboxylic acids is 1. The van der Waals surface area contributed by atoms with Crippen molar-refractivity contribution in [2.24, 2.45) is 11.3 Å². The molecule has 0 bridgehead atoms. The van der Waals surface area contributed by atoms with Crippen LogP contribution >= 0.6 is 0 Å². The highest BCUT2D eigenvalue weighted by molar-refractivity contribution is 5.86. The number of carbonyl (C=O) groups is 1. The van der Waals surface area contributed by atoms with Gasteiger partial charge in [-0.3, -0.25) is 9.69 Å². The van der Waals surface area contributed by atoms with Crippen LogP contribution in [0.25, 0.3) is 10.9 Å². The number of benzene rings is 2. The van der Waals surface area contributed by atoms with Crippen molar-refractivity contribution in [2.75, 3.05) is 32.8 Å². The molecule has 4 rings (SSSR count). The molecule has 6 nitrogen and oxygen atoms in total. The van der Waals surface area contributed by atoms with Crippen molar-refractivity contribution in [1.29, 1.82) is 0 Å². The van der Waals surface area contributed by atoms with Gasteiger partial charge in [0.25, 0.3) is 0 Å². The molecular weight excluding hydrogens is 440 g/mol. The third kappa shape index (κ3) is 7.01. The number of hydrogen-bond donors (Lipinski definition) is 1. The SMILES string of the molecule is Cc1cc(OCC(CN2CCC(COc3ccccc3)CC2)OC(=O)C(C)(C)C)c2cc[nH]c2c1. The van der Waals surface area contributed by atoms with Crippen molar-refractivity contribution in [1.82, 2.24) is 9.88 Å². The number of aromatic amines is 1. The number of ether oxygens (including phenoxy) is 3. The molecule has 3 aromatic rings. The Morgan fingerprint density at radius 2 is 1.83 bits per heavy atom. The molecule has 0 saturated carbocycles. The zero-order chi connectivity index (χ0) is 24.8. The quantitative estimate of drug-likeness (QED) is 0.405. The van der Waals surface area contributed by atoms with Crippen molar-refractivity contribution in [3.63, 3.8) is 0 Å². The summed E-state index contributed by atoms with van der Waals surface area (Å²) in [7, 11) is 0. The second kappa shape index (κ2) is 11.2. The molecule has 188 valence electrons. The molecule has 1 saturated heterocycles. The molecule has 1 atom stereocenters. The lowest BCUT2D eigenvalue weighted by Gasteiger charge is -2.34. The van der Waals surface area contributed by atoms with E-state index in [1.165, 1.54) is 0 Å². The van der Waals surface area contributed by atoms with Gasteiger partial charge in [-0.05, 0) is 95.4 Å². The van der Waals surface area contributed by atoms with E-state index < -0.39 is 5.41 Å². The zero-order valence-corrected chi connectivity index (χ0v) is 21.4. The Kier molecular flexibility index (Phi) is 8.01. The Balaban J connectivity index is 1.34. The van der Waals surface area contributed by atoms with Gasteiger partial charge in [-0.2, -0.15) is 0 Å². The van der Waals surface area contributed by atoms with Gasteiger partial charge in [0.15, 0.2) is 0 Å². The van der Waals surface area contributed by atoms with Crippen molar-refractivity contribution < 1.29 is 19.0 Å². The van der Waals surface area contributed by atoms with Gasteiger partial charge in [0, 0.05) is 23.6 Å². The van der Waals surface area contributed by atoms with E-state index in [0.29, 0.717) is 19.1 Å². The number of fused-ring (bicyclic) bond motifs is 1. The number of rotatable bonds is 9. The summed E-state index contributed by atoms with van der Waals surface area (Å²) in [5.74, 6) is 2.07. The summed E-state index contributed by atoms with van der Waals surface area (Å²) >= 11 is 0. The lowest BCUT2D eigenvalue weighted by atomic mass is 9.97. The lowest BCUT2D eigenvalue weighted by molar-refractivity contribution is -0.161. The van der Waals surface area contributed by atoms with Crippen LogP contribution in [0.5, 0.6) is 11.5 Å². The normalized spacial score (nSPS) is 16.2. The van der Waals surface area contributed by atoms with E-state index in [0.717, 1.165) is 60.5 Å². The third-order valence-corrected chi connectivity index (χ3v) is 6.48. The summed E-state index contributed by atoms with van der Waals surface area (Å²) in [6, 6.07) is 16.1. The van der Waals surface area contributed by atoms with Crippen LogP contribution in [0.2, 0.25) is 0 Å². The van der Waals surface area contributed by atoms with Crippen LogP contribution in [0.1, 0.15) is 39.2 Å². The van der Waals surface area contributed by atoms with Crippen LogP contribution in [0.15, 0.2) is 54.7 Å². The molecule has 6 heteroatoms. The fraction of sp³-hybridized carbons (Fsp3) is 0.483. The smallest absolute Gasteiger partial charge is 0.311 e. The number of hydrogen-bond acceptors (Lipinski definition) is 5. The molecular formula is C29H38N2O4. The maximum absolute atomic E-state index is 12.7. The van der Waals surface area contributed by atoms with E-state index in [-0.39, 0.29) is 12.1 Å². The Bertz CT molecular complexity index is 1090. The predicted octanol–water partition coefficient (Wildman–Crippen LogP) is 5.60. The fourth-order valence-corrected chi connectivity index (χ4v) is 4.38. The predicted molar refractivity (Wildman–Crippen MR) is 139 cm³/mol. The van der Waals surface area contributed by atoms with Gasteiger partial charge in [0.1, 0.15) is 24.2 Å². The van der Waals surface area contributed by atoms with Gasteiger partial charge in [0.2, 0.25) is 0 Å². The molecule has 1 aliphatic heterocycles. The molecule has 0 spiro atoms. The molecule has 2 heterocycles. The van der Waals surface area contributed by atoms with E-state index in [9.17, 15) is 4.79 Å². The van der Waals surface area contributed by atoms with E-state index in [2.05, 4.69) is 22.9 Å². The van der Waals surface area contributed by atoms with Crippen LogP contribution in [-0.2, 0) is 9.53 Å². The Morgan fingerprint density at radius 3 is 2.54 bits per heavy atom. The number of nitrogens with zero attached hydrogens (tertiary/aromatic N) is 1.